The van der Waals surface area contributed by atoms with Crippen molar-refractivity contribution in [3.05, 3.63) is 45.9 Å². The first-order valence-electron chi connectivity index (χ1n) is 7.79. The molecular weight excluding hydrogens is 294 g/mol. The summed E-state index contributed by atoms with van der Waals surface area (Å²) in [5, 5.41) is 2.39. The third kappa shape index (κ3) is 4.73. The Kier molecular flexibility index (Phi) is 7.96. The van der Waals surface area contributed by atoms with Gasteiger partial charge >= 0.3 is 0 Å². The van der Waals surface area contributed by atoms with Crippen molar-refractivity contribution in [2.24, 2.45) is 0 Å². The van der Waals surface area contributed by atoms with Crippen molar-refractivity contribution in [3.63, 3.8) is 0 Å². The fourth-order valence-electron chi connectivity index (χ4n) is 2.31. The van der Waals surface area contributed by atoms with E-state index in [1.807, 2.05) is 43.8 Å². The van der Waals surface area contributed by atoms with Crippen LogP contribution in [0.25, 0.3) is 0 Å². The second-order valence-corrected chi connectivity index (χ2v) is 5.91. The highest BCUT2D eigenvalue weighted by Gasteiger charge is 2.26. The van der Waals surface area contributed by atoms with Crippen LogP contribution in [0, 0.1) is 0 Å². The molecule has 3 nitrogen and oxygen atoms in total. The van der Waals surface area contributed by atoms with Crippen molar-refractivity contribution >= 4 is 23.5 Å². The molecule has 0 bridgehead atoms. The highest BCUT2D eigenvalue weighted by Crippen LogP contribution is 2.40. The van der Waals surface area contributed by atoms with E-state index in [1.54, 1.807) is 7.05 Å². The molecular formula is C18H25NO2S. The number of rotatable bonds is 0. The van der Waals surface area contributed by atoms with Crippen LogP contribution in [-0.4, -0.2) is 18.7 Å². The van der Waals surface area contributed by atoms with E-state index in [2.05, 4.69) is 11.4 Å². The van der Waals surface area contributed by atoms with Crippen LogP contribution in [0.2, 0.25) is 0 Å². The van der Waals surface area contributed by atoms with Crippen LogP contribution in [-0.2, 0) is 10.5 Å². The smallest absolute Gasteiger partial charge is 0.216 e. The Bertz CT molecular complexity index is 564. The first-order chi connectivity index (χ1) is 10.6. The Labute approximate surface area is 137 Å². The number of hydrogen-bond acceptors (Lipinski definition) is 3. The molecule has 2 aliphatic rings. The molecule has 0 spiro atoms. The monoisotopic (exact) mass is 319 g/mol. The third-order valence-corrected chi connectivity index (χ3v) is 4.71. The Hall–Kier alpha value is -1.55. The Balaban J connectivity index is 0.000000299. The van der Waals surface area contributed by atoms with Crippen LogP contribution in [0.15, 0.2) is 34.7 Å². The van der Waals surface area contributed by atoms with Gasteiger partial charge in [0.1, 0.15) is 0 Å². The summed E-state index contributed by atoms with van der Waals surface area (Å²) in [7, 11) is 1.60. The summed E-state index contributed by atoms with van der Waals surface area (Å²) in [5.41, 5.74) is 3.21. The lowest BCUT2D eigenvalue weighted by molar-refractivity contribution is -0.118. The van der Waals surface area contributed by atoms with E-state index in [-0.39, 0.29) is 11.7 Å². The molecule has 1 heterocycles. The molecule has 0 fully saturated rings. The minimum absolute atomic E-state index is 0.00463. The van der Waals surface area contributed by atoms with Gasteiger partial charge < -0.3 is 5.32 Å². The van der Waals surface area contributed by atoms with Crippen LogP contribution in [0.1, 0.15) is 56.0 Å². The summed E-state index contributed by atoms with van der Waals surface area (Å²) in [5.74, 6) is 1.24. The van der Waals surface area contributed by atoms with Gasteiger partial charge in [-0.25, -0.2) is 0 Å². The molecule has 120 valence electrons. The Morgan fingerprint density at radius 2 is 1.82 bits per heavy atom. The lowest BCUT2D eigenvalue weighted by Crippen LogP contribution is -2.11. The van der Waals surface area contributed by atoms with Gasteiger partial charge in [0, 0.05) is 30.9 Å². The van der Waals surface area contributed by atoms with Crippen LogP contribution in [0.4, 0.5) is 0 Å². The molecule has 4 heteroatoms. The van der Waals surface area contributed by atoms with E-state index < -0.39 is 0 Å². The molecule has 0 atom stereocenters. The number of hydrogen-bond donors (Lipinski definition) is 1. The minimum Gasteiger partial charge on any atom is -0.359 e. The average molecular weight is 319 g/mol. The number of nitrogens with one attached hydrogen (secondary N) is 1. The SMILES string of the molecule is CC.CNC(C)=O.O=C1C2=C(CCC2)SCc2ccccc21. The number of benzene rings is 1. The predicted octanol–water partition coefficient (Wildman–Crippen LogP) is 4.33. The molecule has 1 aliphatic carbocycles. The zero-order valence-corrected chi connectivity index (χ0v) is 14.7. The van der Waals surface area contributed by atoms with Gasteiger partial charge in [-0.1, -0.05) is 38.1 Å². The second-order valence-electron chi connectivity index (χ2n) is 4.84. The highest BCUT2D eigenvalue weighted by molar-refractivity contribution is 8.02. The van der Waals surface area contributed by atoms with E-state index in [0.29, 0.717) is 0 Å². The van der Waals surface area contributed by atoms with E-state index in [4.69, 9.17) is 0 Å². The molecule has 1 N–H and O–H groups in total. The molecule has 0 unspecified atom stereocenters. The molecule has 3 rings (SSSR count). The lowest BCUT2D eigenvalue weighted by atomic mass is 9.99. The molecule has 1 amide bonds. The van der Waals surface area contributed by atoms with E-state index in [9.17, 15) is 9.59 Å². The molecule has 1 aliphatic heterocycles. The summed E-state index contributed by atoms with van der Waals surface area (Å²) in [6.45, 7) is 5.47. The van der Waals surface area contributed by atoms with Crippen LogP contribution in [0.5, 0.6) is 0 Å². The molecule has 0 radical (unpaired) electrons. The molecule has 0 aromatic heterocycles. The molecule has 1 aromatic carbocycles. The lowest BCUT2D eigenvalue weighted by Gasteiger charge is -2.04. The topological polar surface area (TPSA) is 46.2 Å². The summed E-state index contributed by atoms with van der Waals surface area (Å²) in [4.78, 5) is 23.3. The molecule has 1 aromatic rings. The zero-order valence-electron chi connectivity index (χ0n) is 13.9. The zero-order chi connectivity index (χ0) is 16.5. The number of allylic oxidation sites excluding steroid dienone is 2. The van der Waals surface area contributed by atoms with Gasteiger partial charge in [-0.15, -0.1) is 11.8 Å². The van der Waals surface area contributed by atoms with Crippen molar-refractivity contribution < 1.29 is 9.59 Å². The van der Waals surface area contributed by atoms with Crippen LogP contribution in [0.3, 0.4) is 0 Å². The normalized spacial score (nSPS) is 15.4. The summed E-state index contributed by atoms with van der Waals surface area (Å²) in [6, 6.07) is 8.01. The first-order valence-corrected chi connectivity index (χ1v) is 8.77. The molecule has 0 saturated heterocycles. The third-order valence-electron chi connectivity index (χ3n) is 3.46. The maximum absolute atomic E-state index is 12.2. The number of Topliss-reactive ketones (excluding diaryl/α,β-unsaturated/α-hetero) is 1. The fourth-order valence-corrected chi connectivity index (χ4v) is 3.55. The van der Waals surface area contributed by atoms with Gasteiger partial charge in [-0.05, 0) is 29.7 Å². The highest BCUT2D eigenvalue weighted by atomic mass is 32.2. The standard InChI is InChI=1S/C13H12OS.C3H7NO.C2H6/c14-13-10-5-2-1-4-9(10)8-15-12-7-3-6-11(12)13;1-3(5)4-2;1-2/h1-2,4-5H,3,6-8H2;1-2H3,(H,4,5);1-2H3. The van der Waals surface area contributed by atoms with Crippen molar-refractivity contribution in [1.29, 1.82) is 0 Å². The number of amides is 1. The van der Waals surface area contributed by atoms with Crippen molar-refractivity contribution in [3.8, 4) is 0 Å². The predicted molar refractivity (Wildman–Crippen MR) is 94.0 cm³/mol. The van der Waals surface area contributed by atoms with Crippen LogP contribution < -0.4 is 5.32 Å². The maximum Gasteiger partial charge on any atom is 0.216 e. The Morgan fingerprint density at radius 1 is 1.18 bits per heavy atom. The number of carbonyl (C=O) groups excluding carboxylic acids is 2. The number of ketones is 1. The van der Waals surface area contributed by atoms with Gasteiger partial charge in [0.05, 0.1) is 0 Å². The van der Waals surface area contributed by atoms with Crippen molar-refractivity contribution in [2.45, 2.75) is 45.8 Å². The maximum atomic E-state index is 12.2. The summed E-state index contributed by atoms with van der Waals surface area (Å²) >= 11 is 1.86. The van der Waals surface area contributed by atoms with Gasteiger partial charge in [-0.3, -0.25) is 9.59 Å². The summed E-state index contributed by atoms with van der Waals surface area (Å²) < 4.78 is 0. The van der Waals surface area contributed by atoms with Crippen LogP contribution >= 0.6 is 11.8 Å². The van der Waals surface area contributed by atoms with E-state index in [0.717, 1.165) is 36.2 Å². The Morgan fingerprint density at radius 3 is 2.45 bits per heavy atom. The van der Waals surface area contributed by atoms with E-state index in [1.165, 1.54) is 17.4 Å². The number of thioether (sulfide) groups is 1. The fraction of sp³-hybridized carbons (Fsp3) is 0.444. The summed E-state index contributed by atoms with van der Waals surface area (Å²) in [6.07, 6.45) is 3.25. The quantitative estimate of drug-likeness (QED) is 0.774. The van der Waals surface area contributed by atoms with Gasteiger partial charge in [0.15, 0.2) is 5.78 Å². The molecule has 0 saturated carbocycles. The second kappa shape index (κ2) is 9.46. The minimum atomic E-state index is 0.00463. The van der Waals surface area contributed by atoms with Gasteiger partial charge in [-0.2, -0.15) is 0 Å². The number of carbonyl (C=O) groups is 2. The largest absolute Gasteiger partial charge is 0.359 e. The van der Waals surface area contributed by atoms with Crippen molar-refractivity contribution in [2.75, 3.05) is 7.05 Å². The first kappa shape index (κ1) is 18.5. The average Bonchev–Trinajstić information content (AvgIpc) is 2.99. The van der Waals surface area contributed by atoms with Crippen molar-refractivity contribution in [1.82, 2.24) is 5.32 Å². The van der Waals surface area contributed by atoms with Gasteiger partial charge in [0.25, 0.3) is 0 Å². The molecule has 22 heavy (non-hydrogen) atoms. The number of fused-ring (bicyclic) bond motifs is 1. The van der Waals surface area contributed by atoms with Gasteiger partial charge in [0.2, 0.25) is 5.91 Å². The van der Waals surface area contributed by atoms with E-state index >= 15 is 0 Å².